The highest BCUT2D eigenvalue weighted by Crippen LogP contribution is 2.40. The Morgan fingerprint density at radius 3 is 2.44 bits per heavy atom. The number of hydrogen-bond donors (Lipinski definition) is 0. The van der Waals surface area contributed by atoms with E-state index in [2.05, 4.69) is 0 Å². The van der Waals surface area contributed by atoms with Crippen LogP contribution in [0.4, 0.5) is 0 Å². The third kappa shape index (κ3) is 3.29. The van der Waals surface area contributed by atoms with Crippen molar-refractivity contribution in [3.63, 3.8) is 0 Å². The molecule has 1 aromatic rings. The second-order valence-corrected chi connectivity index (χ2v) is 8.39. The van der Waals surface area contributed by atoms with Crippen molar-refractivity contribution in [2.75, 3.05) is 19.0 Å². The number of piperidine rings is 1. The SMILES string of the molecule is Cc1cc2c(cc1C)C(=O)CC1(CCN(C(=O)C(C)(C)CCl)CC1)O2. The molecular weight excluding hydrogens is 338 g/mol. The molecule has 1 fully saturated rings. The summed E-state index contributed by atoms with van der Waals surface area (Å²) in [5.74, 6) is 1.21. The molecule has 1 aromatic carbocycles. The Morgan fingerprint density at radius 2 is 1.84 bits per heavy atom. The quantitative estimate of drug-likeness (QED) is 0.749. The molecule has 0 saturated carbocycles. The van der Waals surface area contributed by atoms with E-state index >= 15 is 0 Å². The molecule has 1 amide bonds. The highest BCUT2D eigenvalue weighted by molar-refractivity contribution is 6.19. The Balaban J connectivity index is 1.77. The van der Waals surface area contributed by atoms with Crippen LogP contribution in [-0.2, 0) is 4.79 Å². The third-order valence-corrected chi connectivity index (χ3v) is 6.25. The van der Waals surface area contributed by atoms with Gasteiger partial charge < -0.3 is 9.64 Å². The Bertz CT molecular complexity index is 718. The largest absolute Gasteiger partial charge is 0.486 e. The van der Waals surface area contributed by atoms with Gasteiger partial charge in [0.15, 0.2) is 5.78 Å². The van der Waals surface area contributed by atoms with E-state index in [0.29, 0.717) is 49.5 Å². The predicted molar refractivity (Wildman–Crippen MR) is 98.5 cm³/mol. The molecule has 0 unspecified atom stereocenters. The zero-order valence-electron chi connectivity index (χ0n) is 15.4. The molecule has 2 aliphatic rings. The molecule has 2 aliphatic heterocycles. The van der Waals surface area contributed by atoms with E-state index in [4.69, 9.17) is 16.3 Å². The number of amides is 1. The summed E-state index contributed by atoms with van der Waals surface area (Å²) in [5, 5.41) is 0. The van der Waals surface area contributed by atoms with Gasteiger partial charge in [0.1, 0.15) is 11.4 Å². The van der Waals surface area contributed by atoms with Crippen LogP contribution >= 0.6 is 11.6 Å². The number of rotatable bonds is 2. The minimum absolute atomic E-state index is 0.0753. The average Bonchev–Trinajstić information content (AvgIpc) is 2.57. The van der Waals surface area contributed by atoms with Crippen molar-refractivity contribution in [1.82, 2.24) is 4.90 Å². The van der Waals surface area contributed by atoms with Gasteiger partial charge in [-0.25, -0.2) is 0 Å². The van der Waals surface area contributed by atoms with Crippen LogP contribution in [-0.4, -0.2) is 41.2 Å². The summed E-state index contributed by atoms with van der Waals surface area (Å²) in [6.45, 7) is 8.98. The van der Waals surface area contributed by atoms with E-state index in [0.717, 1.165) is 11.1 Å². The number of fused-ring (bicyclic) bond motifs is 1. The fourth-order valence-corrected chi connectivity index (χ4v) is 3.74. The van der Waals surface area contributed by atoms with E-state index in [9.17, 15) is 9.59 Å². The van der Waals surface area contributed by atoms with E-state index in [-0.39, 0.29) is 11.7 Å². The molecule has 1 saturated heterocycles. The van der Waals surface area contributed by atoms with Crippen LogP contribution in [0.2, 0.25) is 0 Å². The second kappa shape index (κ2) is 6.31. The Kier molecular flexibility index (Phi) is 4.61. The standard InChI is InChI=1S/C20H26ClNO3/c1-13-9-15-16(23)11-20(25-17(15)10-14(13)2)5-7-22(8-6-20)18(24)19(3,4)12-21/h9-10H,5-8,11-12H2,1-4H3. The molecule has 4 nitrogen and oxygen atoms in total. The Morgan fingerprint density at radius 1 is 1.24 bits per heavy atom. The minimum atomic E-state index is -0.559. The first-order chi connectivity index (χ1) is 11.7. The molecule has 1 spiro atoms. The van der Waals surface area contributed by atoms with Gasteiger partial charge in [0.05, 0.1) is 17.4 Å². The topological polar surface area (TPSA) is 46.6 Å². The first kappa shape index (κ1) is 18.2. The summed E-state index contributed by atoms with van der Waals surface area (Å²) >= 11 is 5.94. The lowest BCUT2D eigenvalue weighted by Gasteiger charge is -2.45. The van der Waals surface area contributed by atoms with Crippen LogP contribution in [0.1, 0.15) is 54.6 Å². The molecule has 136 valence electrons. The molecule has 0 aliphatic carbocycles. The lowest BCUT2D eigenvalue weighted by atomic mass is 9.81. The number of hydrogen-bond acceptors (Lipinski definition) is 3. The van der Waals surface area contributed by atoms with Gasteiger partial charge >= 0.3 is 0 Å². The normalized spacial score (nSPS) is 19.6. The number of ketones is 1. The van der Waals surface area contributed by atoms with Crippen LogP contribution in [0.3, 0.4) is 0 Å². The van der Waals surface area contributed by atoms with Crippen molar-refractivity contribution in [2.45, 2.75) is 52.6 Å². The van der Waals surface area contributed by atoms with Crippen LogP contribution in [0.15, 0.2) is 12.1 Å². The highest BCUT2D eigenvalue weighted by atomic mass is 35.5. The van der Waals surface area contributed by atoms with E-state index in [1.165, 1.54) is 0 Å². The summed E-state index contributed by atoms with van der Waals surface area (Å²) in [6, 6.07) is 3.90. The molecule has 3 rings (SSSR count). The van der Waals surface area contributed by atoms with Gasteiger partial charge in [-0.2, -0.15) is 0 Å². The molecule has 2 heterocycles. The summed E-state index contributed by atoms with van der Waals surface area (Å²) < 4.78 is 6.32. The van der Waals surface area contributed by atoms with E-state index in [1.807, 2.05) is 44.7 Å². The molecule has 0 bridgehead atoms. The van der Waals surface area contributed by atoms with Crippen LogP contribution in [0, 0.1) is 19.3 Å². The zero-order valence-corrected chi connectivity index (χ0v) is 16.2. The monoisotopic (exact) mass is 363 g/mol. The summed E-state index contributed by atoms with van der Waals surface area (Å²) in [6.07, 6.45) is 1.74. The molecule has 25 heavy (non-hydrogen) atoms. The molecule has 5 heteroatoms. The van der Waals surface area contributed by atoms with Gasteiger partial charge in [0, 0.05) is 31.8 Å². The Labute approximate surface area is 154 Å². The average molecular weight is 364 g/mol. The third-order valence-electron chi connectivity index (χ3n) is 5.58. The second-order valence-electron chi connectivity index (χ2n) is 8.13. The van der Waals surface area contributed by atoms with Crippen molar-refractivity contribution in [3.8, 4) is 5.75 Å². The maximum atomic E-state index is 12.7. The van der Waals surface area contributed by atoms with Gasteiger partial charge in [-0.05, 0) is 51.0 Å². The summed E-state index contributed by atoms with van der Waals surface area (Å²) in [4.78, 5) is 27.1. The molecule has 0 radical (unpaired) electrons. The van der Waals surface area contributed by atoms with Gasteiger partial charge in [0.25, 0.3) is 0 Å². The number of Topliss-reactive ketones (excluding diaryl/α,β-unsaturated/α-hetero) is 1. The number of carbonyl (C=O) groups excluding carboxylic acids is 2. The first-order valence-corrected chi connectivity index (χ1v) is 9.40. The lowest BCUT2D eigenvalue weighted by molar-refractivity contribution is -0.142. The fraction of sp³-hybridized carbons (Fsp3) is 0.600. The number of nitrogens with zero attached hydrogens (tertiary/aromatic N) is 1. The number of aryl methyl sites for hydroxylation is 2. The van der Waals surface area contributed by atoms with Gasteiger partial charge in [-0.1, -0.05) is 0 Å². The molecular formula is C20H26ClNO3. The summed E-state index contributed by atoms with van der Waals surface area (Å²) in [5.41, 5.74) is 1.88. The first-order valence-electron chi connectivity index (χ1n) is 8.86. The van der Waals surface area contributed by atoms with E-state index in [1.54, 1.807) is 0 Å². The van der Waals surface area contributed by atoms with E-state index < -0.39 is 11.0 Å². The van der Waals surface area contributed by atoms with Crippen LogP contribution in [0.5, 0.6) is 5.75 Å². The van der Waals surface area contributed by atoms with Gasteiger partial charge in [-0.3, -0.25) is 9.59 Å². The molecule has 0 aromatic heterocycles. The van der Waals surface area contributed by atoms with Crippen LogP contribution in [0.25, 0.3) is 0 Å². The van der Waals surface area contributed by atoms with Crippen molar-refractivity contribution < 1.29 is 14.3 Å². The number of alkyl halides is 1. The van der Waals surface area contributed by atoms with Crippen LogP contribution < -0.4 is 4.74 Å². The fourth-order valence-electron chi connectivity index (χ4n) is 3.63. The van der Waals surface area contributed by atoms with Gasteiger partial charge in [0.2, 0.25) is 5.91 Å². The van der Waals surface area contributed by atoms with Crippen molar-refractivity contribution in [2.24, 2.45) is 5.41 Å². The summed E-state index contributed by atoms with van der Waals surface area (Å²) in [7, 11) is 0. The Hall–Kier alpha value is -1.55. The predicted octanol–water partition coefficient (Wildman–Crippen LogP) is 3.89. The minimum Gasteiger partial charge on any atom is -0.486 e. The number of likely N-dealkylation sites (tertiary alicyclic amines) is 1. The highest BCUT2D eigenvalue weighted by Gasteiger charge is 2.45. The number of benzene rings is 1. The maximum Gasteiger partial charge on any atom is 0.229 e. The van der Waals surface area contributed by atoms with Gasteiger partial charge in [-0.15, -0.1) is 11.6 Å². The number of ether oxygens (including phenoxy) is 1. The smallest absolute Gasteiger partial charge is 0.229 e. The number of halogens is 1. The van der Waals surface area contributed by atoms with Crippen molar-refractivity contribution in [3.05, 3.63) is 28.8 Å². The lowest BCUT2D eigenvalue weighted by Crippen LogP contribution is -2.54. The maximum absolute atomic E-state index is 12.7. The molecule has 0 atom stereocenters. The molecule has 0 N–H and O–H groups in total. The van der Waals surface area contributed by atoms with Crippen molar-refractivity contribution >= 4 is 23.3 Å². The van der Waals surface area contributed by atoms with Crippen molar-refractivity contribution in [1.29, 1.82) is 0 Å². The number of carbonyl (C=O) groups is 2. The zero-order chi connectivity index (χ0) is 18.4.